The summed E-state index contributed by atoms with van der Waals surface area (Å²) in [4.78, 5) is 0. The fourth-order valence-corrected chi connectivity index (χ4v) is 0.798. The van der Waals surface area contributed by atoms with Gasteiger partial charge in [-0.1, -0.05) is 32.5 Å². The summed E-state index contributed by atoms with van der Waals surface area (Å²) in [6, 6.07) is 7.75. The largest absolute Gasteiger partial charge is 0.491 e. The van der Waals surface area contributed by atoms with Gasteiger partial charge in [-0.25, -0.2) is 0 Å². The van der Waals surface area contributed by atoms with E-state index in [4.69, 9.17) is 9.84 Å². The third-order valence-electron chi connectivity index (χ3n) is 1.38. The van der Waals surface area contributed by atoms with Gasteiger partial charge in [-0.2, -0.15) is 0 Å². The number of aliphatic hydroxyl groups excluding tert-OH is 1. The fourth-order valence-electron chi connectivity index (χ4n) is 0.798. The van der Waals surface area contributed by atoms with E-state index in [1.54, 1.807) is 0 Å². The smallest absolute Gasteiger partial charge is 0.119 e. The molecule has 1 N–H and O–H groups in total. The van der Waals surface area contributed by atoms with Crippen molar-refractivity contribution >= 4 is 0 Å². The van der Waals surface area contributed by atoms with E-state index in [1.807, 2.05) is 31.2 Å². The standard InChI is InChI=1S/C9H12O2.2CH4/c1-8-2-4-9(5-3-8)11-7-6-10;;/h2-5,10H,6-7H2,1H3;2*1H4. The molecule has 0 fully saturated rings. The highest BCUT2D eigenvalue weighted by molar-refractivity contribution is 5.26. The molecular weight excluding hydrogens is 164 g/mol. The monoisotopic (exact) mass is 184 g/mol. The Balaban J connectivity index is 0. The van der Waals surface area contributed by atoms with Crippen LogP contribution in [0.5, 0.6) is 5.75 Å². The molecule has 0 aliphatic rings. The van der Waals surface area contributed by atoms with Gasteiger partial charge in [-0.15, -0.1) is 0 Å². The molecule has 2 heteroatoms. The maximum Gasteiger partial charge on any atom is 0.119 e. The minimum atomic E-state index is 0. The predicted molar refractivity (Wildman–Crippen MR) is 57.2 cm³/mol. The molecule has 0 amide bonds. The van der Waals surface area contributed by atoms with Crippen LogP contribution < -0.4 is 4.74 Å². The van der Waals surface area contributed by atoms with E-state index in [1.165, 1.54) is 5.56 Å². The molecule has 0 aromatic heterocycles. The number of aliphatic hydroxyl groups is 1. The lowest BCUT2D eigenvalue weighted by Crippen LogP contribution is -2.01. The molecule has 0 saturated carbocycles. The summed E-state index contributed by atoms with van der Waals surface area (Å²) in [6.45, 7) is 2.45. The molecule has 0 unspecified atom stereocenters. The Kier molecular flexibility index (Phi) is 8.50. The van der Waals surface area contributed by atoms with E-state index < -0.39 is 0 Å². The van der Waals surface area contributed by atoms with Crippen LogP contribution in [0.3, 0.4) is 0 Å². The first-order valence-corrected chi connectivity index (χ1v) is 3.63. The van der Waals surface area contributed by atoms with Crippen LogP contribution in [0.25, 0.3) is 0 Å². The van der Waals surface area contributed by atoms with Crippen LogP contribution in [-0.2, 0) is 0 Å². The van der Waals surface area contributed by atoms with E-state index >= 15 is 0 Å². The molecule has 0 aliphatic carbocycles. The van der Waals surface area contributed by atoms with Crippen LogP contribution >= 0.6 is 0 Å². The van der Waals surface area contributed by atoms with Crippen LogP contribution in [-0.4, -0.2) is 18.3 Å². The van der Waals surface area contributed by atoms with Gasteiger partial charge >= 0.3 is 0 Å². The maximum atomic E-state index is 8.46. The molecule has 0 spiro atoms. The van der Waals surface area contributed by atoms with Crippen LogP contribution in [0.1, 0.15) is 20.4 Å². The van der Waals surface area contributed by atoms with Crippen molar-refractivity contribution in [1.82, 2.24) is 0 Å². The summed E-state index contributed by atoms with van der Waals surface area (Å²) in [5.41, 5.74) is 1.21. The Hall–Kier alpha value is -1.02. The lowest BCUT2D eigenvalue weighted by atomic mass is 10.2. The molecule has 76 valence electrons. The lowest BCUT2D eigenvalue weighted by molar-refractivity contribution is 0.201. The average Bonchev–Trinajstić information content (AvgIpc) is 2.04. The van der Waals surface area contributed by atoms with Gasteiger partial charge in [0, 0.05) is 0 Å². The van der Waals surface area contributed by atoms with E-state index in [9.17, 15) is 0 Å². The highest BCUT2D eigenvalue weighted by Gasteiger charge is 1.90. The van der Waals surface area contributed by atoms with Crippen molar-refractivity contribution in [3.63, 3.8) is 0 Å². The molecule has 0 bridgehead atoms. The van der Waals surface area contributed by atoms with Crippen LogP contribution in [0.2, 0.25) is 0 Å². The van der Waals surface area contributed by atoms with E-state index in [-0.39, 0.29) is 21.5 Å². The number of hydrogen-bond acceptors (Lipinski definition) is 2. The number of benzene rings is 1. The first kappa shape index (κ1) is 14.5. The van der Waals surface area contributed by atoms with Gasteiger partial charge in [0.05, 0.1) is 6.61 Å². The van der Waals surface area contributed by atoms with Crippen LogP contribution in [0.15, 0.2) is 24.3 Å². The second kappa shape index (κ2) is 7.62. The van der Waals surface area contributed by atoms with Crippen molar-refractivity contribution < 1.29 is 9.84 Å². The van der Waals surface area contributed by atoms with Crippen molar-refractivity contribution in [2.45, 2.75) is 21.8 Å². The Morgan fingerprint density at radius 3 is 2.15 bits per heavy atom. The van der Waals surface area contributed by atoms with Gasteiger partial charge in [0.2, 0.25) is 0 Å². The zero-order valence-corrected chi connectivity index (χ0v) is 6.58. The van der Waals surface area contributed by atoms with Crippen molar-refractivity contribution in [2.75, 3.05) is 13.2 Å². The van der Waals surface area contributed by atoms with E-state index in [0.29, 0.717) is 6.61 Å². The highest BCUT2D eigenvalue weighted by atomic mass is 16.5. The summed E-state index contributed by atoms with van der Waals surface area (Å²) in [5, 5.41) is 8.46. The number of hydrogen-bond donors (Lipinski definition) is 1. The van der Waals surface area contributed by atoms with Crippen LogP contribution in [0, 0.1) is 6.92 Å². The SMILES string of the molecule is C.C.Cc1ccc(OCCO)cc1. The Bertz CT molecular complexity index is 204. The zero-order chi connectivity index (χ0) is 8.10. The maximum absolute atomic E-state index is 8.46. The normalized spacial score (nSPS) is 8.15. The molecule has 1 rings (SSSR count). The zero-order valence-electron chi connectivity index (χ0n) is 6.58. The molecule has 0 heterocycles. The van der Waals surface area contributed by atoms with Crippen molar-refractivity contribution in [1.29, 1.82) is 0 Å². The Morgan fingerprint density at radius 1 is 1.15 bits per heavy atom. The third kappa shape index (κ3) is 5.26. The van der Waals surface area contributed by atoms with Gasteiger partial charge in [-0.05, 0) is 19.1 Å². The Morgan fingerprint density at radius 2 is 1.69 bits per heavy atom. The predicted octanol–water partition coefficient (Wildman–Crippen LogP) is 2.64. The molecule has 0 aliphatic heterocycles. The minimum Gasteiger partial charge on any atom is -0.491 e. The first-order chi connectivity index (χ1) is 5.33. The van der Waals surface area contributed by atoms with Crippen molar-refractivity contribution in [3.05, 3.63) is 29.8 Å². The first-order valence-electron chi connectivity index (χ1n) is 3.63. The molecule has 2 nitrogen and oxygen atoms in total. The molecule has 0 saturated heterocycles. The number of ether oxygens (including phenoxy) is 1. The van der Waals surface area contributed by atoms with Crippen molar-refractivity contribution in [3.8, 4) is 5.75 Å². The van der Waals surface area contributed by atoms with Gasteiger partial charge in [0.1, 0.15) is 12.4 Å². The quantitative estimate of drug-likeness (QED) is 0.782. The number of aryl methyl sites for hydroxylation is 1. The van der Waals surface area contributed by atoms with Gasteiger partial charge in [0.25, 0.3) is 0 Å². The minimum absolute atomic E-state index is 0. The summed E-state index contributed by atoms with van der Waals surface area (Å²) < 4.78 is 5.16. The topological polar surface area (TPSA) is 29.5 Å². The molecule has 1 aromatic carbocycles. The van der Waals surface area contributed by atoms with E-state index in [0.717, 1.165) is 5.75 Å². The summed E-state index contributed by atoms with van der Waals surface area (Å²) >= 11 is 0. The molecule has 13 heavy (non-hydrogen) atoms. The summed E-state index contributed by atoms with van der Waals surface area (Å²) in [5.74, 6) is 0.810. The molecule has 0 radical (unpaired) electrons. The summed E-state index contributed by atoms with van der Waals surface area (Å²) in [7, 11) is 0. The highest BCUT2D eigenvalue weighted by Crippen LogP contribution is 2.10. The Labute approximate surface area is 81.2 Å². The van der Waals surface area contributed by atoms with Gasteiger partial charge < -0.3 is 9.84 Å². The fraction of sp³-hybridized carbons (Fsp3) is 0.455. The third-order valence-corrected chi connectivity index (χ3v) is 1.38. The van der Waals surface area contributed by atoms with Crippen LogP contribution in [0.4, 0.5) is 0 Å². The second-order valence-corrected chi connectivity index (χ2v) is 2.39. The average molecular weight is 184 g/mol. The molecular formula is C11H20O2. The van der Waals surface area contributed by atoms with Gasteiger partial charge in [-0.3, -0.25) is 0 Å². The molecule has 1 aromatic rings. The summed E-state index contributed by atoms with van der Waals surface area (Å²) in [6.07, 6.45) is 0. The van der Waals surface area contributed by atoms with E-state index in [2.05, 4.69) is 0 Å². The number of rotatable bonds is 3. The second-order valence-electron chi connectivity index (χ2n) is 2.39. The van der Waals surface area contributed by atoms with Crippen molar-refractivity contribution in [2.24, 2.45) is 0 Å². The lowest BCUT2D eigenvalue weighted by Gasteiger charge is -2.02. The molecule has 0 atom stereocenters. The van der Waals surface area contributed by atoms with Gasteiger partial charge in [0.15, 0.2) is 0 Å².